The maximum absolute atomic E-state index is 9.72. The molecule has 2 aliphatic heterocycles. The minimum atomic E-state index is -0.322. The van der Waals surface area contributed by atoms with Gasteiger partial charge < -0.3 is 20.1 Å². The second-order valence-electron chi connectivity index (χ2n) is 4.71. The van der Waals surface area contributed by atoms with E-state index in [2.05, 4.69) is 10.2 Å². The van der Waals surface area contributed by atoms with Crippen LogP contribution in [-0.4, -0.2) is 62.0 Å². The van der Waals surface area contributed by atoms with E-state index in [-0.39, 0.29) is 6.10 Å². The van der Waals surface area contributed by atoms with Crippen molar-refractivity contribution in [2.24, 2.45) is 11.8 Å². The van der Waals surface area contributed by atoms with Gasteiger partial charge in [-0.1, -0.05) is 0 Å². The number of likely N-dealkylation sites (tertiary alicyclic amines) is 1. The van der Waals surface area contributed by atoms with E-state index in [1.165, 1.54) is 0 Å². The number of hydrogen-bond donors (Lipinski definition) is 2. The Bertz CT molecular complexity index is 189. The van der Waals surface area contributed by atoms with E-state index < -0.39 is 0 Å². The molecule has 2 N–H and O–H groups in total. The van der Waals surface area contributed by atoms with Crippen molar-refractivity contribution in [1.29, 1.82) is 0 Å². The SMILES string of the molecule is CCOCC(O)CN1C[C@H]2CNC[C@H]2C1. The van der Waals surface area contributed by atoms with Crippen LogP contribution in [-0.2, 0) is 4.74 Å². The standard InChI is InChI=1S/C11H22N2O2/c1-2-15-8-11(14)7-13-5-9-3-12-4-10(9)6-13/h9-12,14H,2-8H2,1H3/t9-,10+,11?. The van der Waals surface area contributed by atoms with Gasteiger partial charge in [-0.25, -0.2) is 0 Å². The first-order valence-electron chi connectivity index (χ1n) is 5.98. The van der Waals surface area contributed by atoms with Crippen molar-refractivity contribution in [1.82, 2.24) is 10.2 Å². The Morgan fingerprint density at radius 2 is 2.07 bits per heavy atom. The Kier molecular flexibility index (Phi) is 3.97. The molecule has 0 spiro atoms. The lowest BCUT2D eigenvalue weighted by Crippen LogP contribution is -2.35. The predicted molar refractivity (Wildman–Crippen MR) is 58.8 cm³/mol. The predicted octanol–water partition coefficient (Wildman–Crippen LogP) is -0.465. The number of rotatable bonds is 5. The summed E-state index contributed by atoms with van der Waals surface area (Å²) in [6.07, 6.45) is -0.322. The third-order valence-corrected chi connectivity index (χ3v) is 3.45. The highest BCUT2D eigenvalue weighted by atomic mass is 16.5. The van der Waals surface area contributed by atoms with Crippen molar-refractivity contribution in [3.05, 3.63) is 0 Å². The molecule has 3 atom stereocenters. The lowest BCUT2D eigenvalue weighted by Gasteiger charge is -2.20. The fourth-order valence-corrected chi connectivity index (χ4v) is 2.71. The zero-order valence-corrected chi connectivity index (χ0v) is 9.48. The summed E-state index contributed by atoms with van der Waals surface area (Å²) in [4.78, 5) is 2.37. The van der Waals surface area contributed by atoms with E-state index in [9.17, 15) is 5.11 Å². The second-order valence-corrected chi connectivity index (χ2v) is 4.71. The molecule has 1 unspecified atom stereocenters. The molecule has 0 amide bonds. The smallest absolute Gasteiger partial charge is 0.0900 e. The van der Waals surface area contributed by atoms with Gasteiger partial charge in [0.2, 0.25) is 0 Å². The van der Waals surface area contributed by atoms with E-state index in [0.29, 0.717) is 13.2 Å². The number of hydrogen-bond acceptors (Lipinski definition) is 4. The Morgan fingerprint density at radius 1 is 1.40 bits per heavy atom. The summed E-state index contributed by atoms with van der Waals surface area (Å²) in [5, 5.41) is 13.1. The monoisotopic (exact) mass is 214 g/mol. The Balaban J connectivity index is 1.68. The maximum Gasteiger partial charge on any atom is 0.0900 e. The molecule has 15 heavy (non-hydrogen) atoms. The first-order chi connectivity index (χ1) is 7.29. The summed E-state index contributed by atoms with van der Waals surface area (Å²) >= 11 is 0. The van der Waals surface area contributed by atoms with Crippen molar-refractivity contribution in [3.63, 3.8) is 0 Å². The highest BCUT2D eigenvalue weighted by Gasteiger charge is 2.36. The molecule has 2 rings (SSSR count). The van der Waals surface area contributed by atoms with Gasteiger partial charge in [0.25, 0.3) is 0 Å². The molecule has 0 aliphatic carbocycles. The van der Waals surface area contributed by atoms with Crippen molar-refractivity contribution in [2.45, 2.75) is 13.0 Å². The number of β-amino-alcohol motifs (C(OH)–C–C–N with tert-alkyl or cyclic N) is 1. The van der Waals surface area contributed by atoms with Crippen LogP contribution in [0.15, 0.2) is 0 Å². The van der Waals surface area contributed by atoms with Gasteiger partial charge >= 0.3 is 0 Å². The normalized spacial score (nSPS) is 33.2. The molecule has 0 bridgehead atoms. The van der Waals surface area contributed by atoms with Crippen LogP contribution >= 0.6 is 0 Å². The molecular formula is C11H22N2O2. The van der Waals surface area contributed by atoms with Crippen molar-refractivity contribution in [2.75, 3.05) is 45.9 Å². The average molecular weight is 214 g/mol. The van der Waals surface area contributed by atoms with Gasteiger partial charge in [-0.15, -0.1) is 0 Å². The number of ether oxygens (including phenoxy) is 1. The fraction of sp³-hybridized carbons (Fsp3) is 1.00. The Morgan fingerprint density at radius 3 is 2.67 bits per heavy atom. The number of nitrogens with zero attached hydrogens (tertiary/aromatic N) is 1. The molecule has 0 radical (unpaired) electrons. The molecule has 0 saturated carbocycles. The lowest BCUT2D eigenvalue weighted by molar-refractivity contribution is 0.0240. The molecule has 0 aromatic rings. The van der Waals surface area contributed by atoms with Gasteiger partial charge in [0, 0.05) is 26.2 Å². The number of aliphatic hydroxyl groups is 1. The van der Waals surface area contributed by atoms with E-state index in [1.54, 1.807) is 0 Å². The quantitative estimate of drug-likeness (QED) is 0.650. The molecule has 2 aliphatic rings. The van der Waals surface area contributed by atoms with Crippen molar-refractivity contribution < 1.29 is 9.84 Å². The minimum absolute atomic E-state index is 0.322. The fourth-order valence-electron chi connectivity index (χ4n) is 2.71. The van der Waals surface area contributed by atoms with Gasteiger partial charge in [-0.2, -0.15) is 0 Å². The van der Waals surface area contributed by atoms with Crippen molar-refractivity contribution >= 4 is 0 Å². The Labute approximate surface area is 91.6 Å². The molecule has 4 nitrogen and oxygen atoms in total. The summed E-state index contributed by atoms with van der Waals surface area (Å²) in [5.41, 5.74) is 0. The van der Waals surface area contributed by atoms with Crippen LogP contribution in [0.4, 0.5) is 0 Å². The summed E-state index contributed by atoms with van der Waals surface area (Å²) in [6, 6.07) is 0. The van der Waals surface area contributed by atoms with Crippen LogP contribution < -0.4 is 5.32 Å². The third-order valence-electron chi connectivity index (χ3n) is 3.45. The van der Waals surface area contributed by atoms with Crippen LogP contribution in [0.3, 0.4) is 0 Å². The van der Waals surface area contributed by atoms with Crippen molar-refractivity contribution in [3.8, 4) is 0 Å². The summed E-state index contributed by atoms with van der Waals surface area (Å²) in [6.45, 7) is 8.48. The van der Waals surface area contributed by atoms with E-state index in [4.69, 9.17) is 4.74 Å². The number of nitrogens with one attached hydrogen (secondary N) is 1. The number of fused-ring (bicyclic) bond motifs is 1. The molecule has 2 fully saturated rings. The Hall–Kier alpha value is -0.160. The molecule has 4 heteroatoms. The number of aliphatic hydroxyl groups excluding tert-OH is 1. The molecule has 0 aromatic carbocycles. The summed E-state index contributed by atoms with van der Waals surface area (Å²) in [7, 11) is 0. The van der Waals surface area contributed by atoms with Crippen LogP contribution in [0.25, 0.3) is 0 Å². The highest BCUT2D eigenvalue weighted by Crippen LogP contribution is 2.26. The van der Waals surface area contributed by atoms with Gasteiger partial charge in [0.15, 0.2) is 0 Å². The summed E-state index contributed by atoms with van der Waals surface area (Å²) < 4.78 is 5.21. The van der Waals surface area contributed by atoms with E-state index in [1.807, 2.05) is 6.92 Å². The largest absolute Gasteiger partial charge is 0.389 e. The third kappa shape index (κ3) is 2.91. The van der Waals surface area contributed by atoms with E-state index >= 15 is 0 Å². The van der Waals surface area contributed by atoms with Crippen LogP contribution in [0.2, 0.25) is 0 Å². The molecule has 2 saturated heterocycles. The first kappa shape index (κ1) is 11.3. The topological polar surface area (TPSA) is 44.7 Å². The molecule has 88 valence electrons. The zero-order chi connectivity index (χ0) is 10.7. The van der Waals surface area contributed by atoms with Gasteiger partial charge in [-0.05, 0) is 31.8 Å². The van der Waals surface area contributed by atoms with Gasteiger partial charge in [0.05, 0.1) is 12.7 Å². The van der Waals surface area contributed by atoms with Gasteiger partial charge in [-0.3, -0.25) is 0 Å². The molecular weight excluding hydrogens is 192 g/mol. The maximum atomic E-state index is 9.72. The zero-order valence-electron chi connectivity index (χ0n) is 9.48. The van der Waals surface area contributed by atoms with E-state index in [0.717, 1.165) is 44.6 Å². The van der Waals surface area contributed by atoms with Crippen LogP contribution in [0, 0.1) is 11.8 Å². The molecule has 0 aromatic heterocycles. The van der Waals surface area contributed by atoms with Crippen LogP contribution in [0.1, 0.15) is 6.92 Å². The first-order valence-corrected chi connectivity index (χ1v) is 5.98. The lowest BCUT2D eigenvalue weighted by atomic mass is 10.0. The average Bonchev–Trinajstić information content (AvgIpc) is 2.74. The summed E-state index contributed by atoms with van der Waals surface area (Å²) in [5.74, 6) is 1.62. The second kappa shape index (κ2) is 5.25. The van der Waals surface area contributed by atoms with Gasteiger partial charge in [0.1, 0.15) is 0 Å². The minimum Gasteiger partial charge on any atom is -0.389 e. The molecule has 2 heterocycles. The van der Waals surface area contributed by atoms with Crippen LogP contribution in [0.5, 0.6) is 0 Å². The highest BCUT2D eigenvalue weighted by molar-refractivity contribution is 4.91.